The van der Waals surface area contributed by atoms with Gasteiger partial charge in [0.2, 0.25) is 0 Å². The molecular weight excluding hydrogens is 478 g/mol. The van der Waals surface area contributed by atoms with Crippen molar-refractivity contribution < 1.29 is 41.0 Å². The minimum Gasteiger partial charge on any atom is -0.481 e. The number of nitrogens with zero attached hydrogens (tertiary/aromatic N) is 1. The van der Waals surface area contributed by atoms with Crippen molar-refractivity contribution in [2.24, 2.45) is 0 Å². The van der Waals surface area contributed by atoms with Crippen LogP contribution in [-0.2, 0) is 36.5 Å². The van der Waals surface area contributed by atoms with Gasteiger partial charge >= 0.3 is 18.3 Å². The van der Waals surface area contributed by atoms with E-state index in [0.717, 1.165) is 34.5 Å². The number of carboxylic acids is 1. The summed E-state index contributed by atoms with van der Waals surface area (Å²) in [6.45, 7) is -0.0705. The lowest BCUT2D eigenvalue weighted by molar-refractivity contribution is -0.144. The largest absolute Gasteiger partial charge is 0.481 e. The lowest BCUT2D eigenvalue weighted by Gasteiger charge is -2.17. The molecule has 1 aromatic heterocycles. The highest BCUT2D eigenvalue weighted by Crippen LogP contribution is 2.37. The van der Waals surface area contributed by atoms with Crippen molar-refractivity contribution in [2.75, 3.05) is 5.32 Å². The second-order valence-electron chi connectivity index (χ2n) is 7.76. The number of nitrogens with one attached hydrogen (secondary N) is 1. The van der Waals surface area contributed by atoms with Crippen LogP contribution in [-0.4, -0.2) is 21.6 Å². The van der Waals surface area contributed by atoms with Crippen LogP contribution >= 0.6 is 0 Å². The number of hydrogen-bond donors (Lipinski definition) is 2. The third kappa shape index (κ3) is 6.65. The Balaban J connectivity index is 1.88. The average molecular weight is 498 g/mol. The van der Waals surface area contributed by atoms with Crippen molar-refractivity contribution in [2.45, 2.75) is 38.2 Å². The van der Waals surface area contributed by atoms with E-state index in [1.807, 2.05) is 23.5 Å². The Bertz CT molecular complexity index is 1200. The molecule has 0 radical (unpaired) electrons. The van der Waals surface area contributed by atoms with Gasteiger partial charge in [-0.1, -0.05) is 36.4 Å². The maximum Gasteiger partial charge on any atom is 0.432 e. The molecule has 2 aromatic carbocycles. The summed E-state index contributed by atoms with van der Waals surface area (Å²) in [5.41, 5.74) is -3.39. The molecule has 0 aliphatic rings. The molecule has 0 unspecified atom stereocenters. The molecule has 0 bridgehead atoms. The number of aryl methyl sites for hydroxylation is 2. The van der Waals surface area contributed by atoms with Gasteiger partial charge in [-0.2, -0.15) is 26.3 Å². The second kappa shape index (κ2) is 10.2. The van der Waals surface area contributed by atoms with Crippen molar-refractivity contribution in [3.8, 4) is 0 Å². The van der Waals surface area contributed by atoms with Crippen molar-refractivity contribution in [1.29, 1.82) is 0 Å². The molecule has 0 saturated heterocycles. The first kappa shape index (κ1) is 25.9. The third-order valence-corrected chi connectivity index (χ3v) is 5.18. The first-order valence-corrected chi connectivity index (χ1v) is 10.4. The van der Waals surface area contributed by atoms with Crippen molar-refractivity contribution in [3.63, 3.8) is 0 Å². The first-order chi connectivity index (χ1) is 16.4. The zero-order valence-electron chi connectivity index (χ0n) is 18.1. The molecule has 11 heteroatoms. The van der Waals surface area contributed by atoms with Crippen LogP contribution in [0.2, 0.25) is 0 Å². The summed E-state index contributed by atoms with van der Waals surface area (Å²) in [5.74, 6) is -2.72. The van der Waals surface area contributed by atoms with Crippen LogP contribution in [0.4, 0.5) is 32.0 Å². The van der Waals surface area contributed by atoms with Crippen LogP contribution in [0.25, 0.3) is 0 Å². The standard InChI is InChI=1S/C24H20F6N2O3/c25-23(26,27)18-9-8-16(14-20(33)34)13-19(18)31-22(35)17-10-12-32(21(17)24(28,29)30)11-4-7-15-5-2-1-3-6-15/h1-3,5-6,8-10,12-13H,4,7,11,14H2,(H,31,35)(H,33,34). The highest BCUT2D eigenvalue weighted by atomic mass is 19.4. The highest BCUT2D eigenvalue weighted by molar-refractivity contribution is 6.05. The van der Waals surface area contributed by atoms with E-state index in [1.165, 1.54) is 0 Å². The second-order valence-corrected chi connectivity index (χ2v) is 7.76. The number of rotatable bonds is 8. The lowest BCUT2D eigenvalue weighted by atomic mass is 10.1. The topological polar surface area (TPSA) is 71.3 Å². The molecule has 35 heavy (non-hydrogen) atoms. The number of carboxylic acid groups (broad SMARTS) is 1. The van der Waals surface area contributed by atoms with Gasteiger partial charge in [-0.25, -0.2) is 0 Å². The fraction of sp³-hybridized carbons (Fsp3) is 0.250. The molecule has 0 saturated carbocycles. The molecule has 0 atom stereocenters. The van der Waals surface area contributed by atoms with Crippen LogP contribution in [0.3, 0.4) is 0 Å². The van der Waals surface area contributed by atoms with E-state index >= 15 is 0 Å². The van der Waals surface area contributed by atoms with Crippen LogP contribution in [0, 0.1) is 0 Å². The van der Waals surface area contributed by atoms with Crippen molar-refractivity contribution in [1.82, 2.24) is 4.57 Å². The Morgan fingerprint density at radius 2 is 1.57 bits per heavy atom. The summed E-state index contributed by atoms with van der Waals surface area (Å²) in [4.78, 5) is 23.6. The summed E-state index contributed by atoms with van der Waals surface area (Å²) >= 11 is 0. The zero-order valence-corrected chi connectivity index (χ0v) is 18.1. The normalized spacial score (nSPS) is 11.9. The van der Waals surface area contributed by atoms with E-state index in [0.29, 0.717) is 18.9 Å². The minimum atomic E-state index is -4.94. The average Bonchev–Trinajstić information content (AvgIpc) is 3.18. The smallest absolute Gasteiger partial charge is 0.432 e. The molecule has 186 valence electrons. The van der Waals surface area contributed by atoms with Gasteiger partial charge in [0.15, 0.2) is 0 Å². The Hall–Kier alpha value is -3.76. The van der Waals surface area contributed by atoms with Gasteiger partial charge in [-0.15, -0.1) is 0 Å². The van der Waals surface area contributed by atoms with Crippen molar-refractivity contribution in [3.05, 3.63) is 88.7 Å². The number of carbonyl (C=O) groups is 2. The van der Waals surface area contributed by atoms with Crippen molar-refractivity contribution >= 4 is 17.6 Å². The van der Waals surface area contributed by atoms with Crippen LogP contribution in [0.15, 0.2) is 60.8 Å². The number of carbonyl (C=O) groups excluding carboxylic acids is 1. The van der Waals surface area contributed by atoms with E-state index < -0.39 is 53.2 Å². The highest BCUT2D eigenvalue weighted by Gasteiger charge is 2.40. The molecule has 1 amide bonds. The summed E-state index contributed by atoms with van der Waals surface area (Å²) < 4.78 is 82.5. The number of aromatic nitrogens is 1. The first-order valence-electron chi connectivity index (χ1n) is 10.4. The van der Waals surface area contributed by atoms with E-state index in [2.05, 4.69) is 0 Å². The molecule has 3 rings (SSSR count). The number of hydrogen-bond acceptors (Lipinski definition) is 2. The molecule has 0 spiro atoms. The number of benzene rings is 2. The molecule has 5 nitrogen and oxygen atoms in total. The molecular formula is C24H20F6N2O3. The molecule has 0 aliphatic carbocycles. The van der Waals surface area contributed by atoms with E-state index in [4.69, 9.17) is 5.11 Å². The van der Waals surface area contributed by atoms with E-state index in [-0.39, 0.29) is 12.1 Å². The molecule has 1 heterocycles. The zero-order chi connectivity index (χ0) is 25.8. The Morgan fingerprint density at radius 3 is 2.17 bits per heavy atom. The summed E-state index contributed by atoms with van der Waals surface area (Å²) in [5, 5.41) is 10.8. The quantitative estimate of drug-likeness (QED) is 0.372. The minimum absolute atomic E-state index is 0.0599. The molecule has 0 fully saturated rings. The van der Waals surface area contributed by atoms with Crippen LogP contribution in [0.5, 0.6) is 0 Å². The summed E-state index contributed by atoms with van der Waals surface area (Å²) in [6.07, 6.45) is -8.62. The van der Waals surface area contributed by atoms with Gasteiger partial charge in [0.25, 0.3) is 5.91 Å². The number of amides is 1. The number of aliphatic carboxylic acids is 1. The Morgan fingerprint density at radius 1 is 0.886 bits per heavy atom. The van der Waals surface area contributed by atoms with E-state index in [9.17, 15) is 35.9 Å². The van der Waals surface area contributed by atoms with Crippen LogP contribution < -0.4 is 5.32 Å². The fourth-order valence-corrected chi connectivity index (χ4v) is 3.67. The maximum atomic E-state index is 13.8. The summed E-state index contributed by atoms with van der Waals surface area (Å²) in [7, 11) is 0. The van der Waals surface area contributed by atoms with Gasteiger partial charge in [0.1, 0.15) is 5.69 Å². The lowest BCUT2D eigenvalue weighted by Crippen LogP contribution is -2.22. The van der Waals surface area contributed by atoms with Crippen LogP contribution in [0.1, 0.15) is 39.2 Å². The number of halogens is 6. The predicted octanol–water partition coefficient (Wildman–Crippen LogP) is 6.04. The maximum absolute atomic E-state index is 13.8. The Kier molecular flexibility index (Phi) is 7.57. The third-order valence-electron chi connectivity index (χ3n) is 5.18. The predicted molar refractivity (Wildman–Crippen MR) is 115 cm³/mol. The molecule has 2 N–H and O–H groups in total. The fourth-order valence-electron chi connectivity index (χ4n) is 3.67. The monoisotopic (exact) mass is 498 g/mol. The number of alkyl halides is 6. The Labute approximate surface area is 196 Å². The van der Waals surface area contributed by atoms with Gasteiger partial charge in [0.05, 0.1) is 23.2 Å². The van der Waals surface area contributed by atoms with E-state index in [1.54, 1.807) is 12.1 Å². The van der Waals surface area contributed by atoms with Gasteiger partial charge in [-0.3, -0.25) is 9.59 Å². The molecule has 3 aromatic rings. The van der Waals surface area contributed by atoms with Gasteiger partial charge in [0, 0.05) is 12.7 Å². The van der Waals surface area contributed by atoms with Gasteiger partial charge < -0.3 is 15.0 Å². The molecule has 0 aliphatic heterocycles. The SMILES string of the molecule is O=C(O)Cc1ccc(C(F)(F)F)c(NC(=O)c2ccn(CCCc3ccccc3)c2C(F)(F)F)c1. The van der Waals surface area contributed by atoms with Gasteiger partial charge in [-0.05, 0) is 42.2 Å². The summed E-state index contributed by atoms with van der Waals surface area (Å²) in [6, 6.07) is 12.3. The number of anilines is 1.